The number of rotatable bonds is 3. The summed E-state index contributed by atoms with van der Waals surface area (Å²) in [4.78, 5) is 15.8. The number of aliphatic imine (C=N–C) groups is 1. The molecule has 1 aromatic rings. The minimum absolute atomic E-state index is 0.0366. The third-order valence-electron chi connectivity index (χ3n) is 3.37. The summed E-state index contributed by atoms with van der Waals surface area (Å²) in [5.41, 5.74) is 8.60. The van der Waals surface area contributed by atoms with Gasteiger partial charge in [-0.2, -0.15) is 5.26 Å². The minimum Gasteiger partial charge on any atom is -0.404 e. The lowest BCUT2D eigenvalue weighted by molar-refractivity contribution is -0.117. The first-order chi connectivity index (χ1) is 9.69. The molecule has 0 aliphatic heterocycles. The minimum atomic E-state index is -0.236. The molecule has 1 aliphatic carbocycles. The van der Waals surface area contributed by atoms with Gasteiger partial charge in [-0.05, 0) is 36.1 Å². The maximum atomic E-state index is 12.1. The van der Waals surface area contributed by atoms with E-state index in [1.165, 1.54) is 12.4 Å². The van der Waals surface area contributed by atoms with Gasteiger partial charge in [0.05, 0.1) is 23.2 Å². The second-order valence-corrected chi connectivity index (χ2v) is 4.60. The predicted octanol–water partition coefficient (Wildman–Crippen LogP) is 1.20. The lowest BCUT2D eigenvalue weighted by Crippen LogP contribution is -2.29. The molecule has 1 atom stereocenters. The molecule has 2 rings (SSSR count). The number of aryl methyl sites for hydroxylation is 1. The lowest BCUT2D eigenvalue weighted by atomic mass is 10.0. The number of carbonyl (C=O) groups excluding carboxylic acids is 1. The molecule has 0 heterocycles. The van der Waals surface area contributed by atoms with Crippen molar-refractivity contribution in [2.75, 3.05) is 7.05 Å². The molecule has 20 heavy (non-hydrogen) atoms. The molecule has 102 valence electrons. The van der Waals surface area contributed by atoms with Crippen molar-refractivity contribution in [1.29, 1.82) is 5.26 Å². The number of nitrogens with zero attached hydrogens (tertiary/aromatic N) is 2. The Morgan fingerprint density at radius 3 is 3.05 bits per heavy atom. The van der Waals surface area contributed by atoms with Gasteiger partial charge >= 0.3 is 0 Å². The van der Waals surface area contributed by atoms with Gasteiger partial charge in [0.1, 0.15) is 0 Å². The molecule has 1 unspecified atom stereocenters. The van der Waals surface area contributed by atoms with Crippen LogP contribution in [-0.4, -0.2) is 19.2 Å². The Hall–Kier alpha value is -2.61. The fourth-order valence-electron chi connectivity index (χ4n) is 2.40. The summed E-state index contributed by atoms with van der Waals surface area (Å²) in [7, 11) is 1.59. The molecule has 1 aromatic carbocycles. The van der Waals surface area contributed by atoms with E-state index in [1.54, 1.807) is 13.1 Å². The maximum Gasteiger partial charge on any atom is 0.254 e. The second-order valence-electron chi connectivity index (χ2n) is 4.60. The average molecular weight is 268 g/mol. The molecule has 1 amide bonds. The molecule has 3 N–H and O–H groups in total. The van der Waals surface area contributed by atoms with Crippen LogP contribution >= 0.6 is 0 Å². The molecule has 0 fully saturated rings. The SMILES string of the molecule is CN=CC(=CN)C(=O)NC1CCc2cc(C#N)ccc21. The van der Waals surface area contributed by atoms with E-state index in [-0.39, 0.29) is 11.9 Å². The second kappa shape index (κ2) is 6.02. The first-order valence-electron chi connectivity index (χ1n) is 6.37. The number of benzene rings is 1. The van der Waals surface area contributed by atoms with Gasteiger partial charge in [-0.15, -0.1) is 0 Å². The van der Waals surface area contributed by atoms with Crippen LogP contribution in [0.2, 0.25) is 0 Å². The van der Waals surface area contributed by atoms with E-state index in [0.717, 1.165) is 24.0 Å². The van der Waals surface area contributed by atoms with E-state index in [1.807, 2.05) is 12.1 Å². The number of nitriles is 1. The van der Waals surface area contributed by atoms with Gasteiger partial charge < -0.3 is 11.1 Å². The summed E-state index contributed by atoms with van der Waals surface area (Å²) in [5.74, 6) is -0.236. The van der Waals surface area contributed by atoms with E-state index in [0.29, 0.717) is 11.1 Å². The zero-order chi connectivity index (χ0) is 14.5. The number of hydrogen-bond donors (Lipinski definition) is 2. The predicted molar refractivity (Wildman–Crippen MR) is 77.0 cm³/mol. The summed E-state index contributed by atoms with van der Waals surface area (Å²) in [6.07, 6.45) is 4.37. The summed E-state index contributed by atoms with van der Waals surface area (Å²) in [6, 6.07) is 7.66. The highest BCUT2D eigenvalue weighted by Crippen LogP contribution is 2.31. The number of fused-ring (bicyclic) bond motifs is 1. The summed E-state index contributed by atoms with van der Waals surface area (Å²) >= 11 is 0. The van der Waals surface area contributed by atoms with Crippen molar-refractivity contribution in [2.45, 2.75) is 18.9 Å². The first kappa shape index (κ1) is 13.8. The highest BCUT2D eigenvalue weighted by Gasteiger charge is 2.24. The Balaban J connectivity index is 2.15. The zero-order valence-electron chi connectivity index (χ0n) is 11.3. The van der Waals surface area contributed by atoms with Crippen molar-refractivity contribution in [2.24, 2.45) is 10.7 Å². The smallest absolute Gasteiger partial charge is 0.254 e. The standard InChI is InChI=1S/C15H16N4O/c1-18-9-12(8-17)15(20)19-14-5-3-11-6-10(7-16)2-4-13(11)14/h2,4,6,8-9,14H,3,5,17H2,1H3,(H,19,20). The van der Waals surface area contributed by atoms with Crippen molar-refractivity contribution in [3.8, 4) is 6.07 Å². The van der Waals surface area contributed by atoms with Crippen molar-refractivity contribution in [3.05, 3.63) is 46.7 Å². The van der Waals surface area contributed by atoms with E-state index >= 15 is 0 Å². The van der Waals surface area contributed by atoms with Crippen molar-refractivity contribution < 1.29 is 4.79 Å². The molecule has 0 spiro atoms. The van der Waals surface area contributed by atoms with Gasteiger partial charge in [0, 0.05) is 19.5 Å². The molecule has 0 bridgehead atoms. The third kappa shape index (κ3) is 2.69. The number of nitrogens with one attached hydrogen (secondary N) is 1. The molecule has 0 aromatic heterocycles. The van der Waals surface area contributed by atoms with Crippen LogP contribution < -0.4 is 11.1 Å². The number of amides is 1. The molecule has 0 saturated carbocycles. The Morgan fingerprint density at radius 1 is 1.60 bits per heavy atom. The van der Waals surface area contributed by atoms with Crippen LogP contribution in [0.4, 0.5) is 0 Å². The fraction of sp³-hybridized carbons (Fsp3) is 0.267. The lowest BCUT2D eigenvalue weighted by Gasteiger charge is -2.14. The van der Waals surface area contributed by atoms with Crippen LogP contribution in [0, 0.1) is 11.3 Å². The molecule has 1 aliphatic rings. The van der Waals surface area contributed by atoms with Crippen LogP contribution in [0.25, 0.3) is 0 Å². The Morgan fingerprint density at radius 2 is 2.40 bits per heavy atom. The topological polar surface area (TPSA) is 91.3 Å². The highest BCUT2D eigenvalue weighted by atomic mass is 16.1. The van der Waals surface area contributed by atoms with E-state index in [2.05, 4.69) is 16.4 Å². The third-order valence-corrected chi connectivity index (χ3v) is 3.37. The zero-order valence-corrected chi connectivity index (χ0v) is 11.3. The Labute approximate surface area is 117 Å². The van der Waals surface area contributed by atoms with Gasteiger partial charge in [0.15, 0.2) is 0 Å². The summed E-state index contributed by atoms with van der Waals surface area (Å²) in [6.45, 7) is 0. The van der Waals surface area contributed by atoms with E-state index in [4.69, 9.17) is 11.0 Å². The molecular formula is C15H16N4O. The Bertz CT molecular complexity index is 625. The van der Waals surface area contributed by atoms with Gasteiger partial charge in [-0.25, -0.2) is 0 Å². The number of nitrogens with two attached hydrogens (primary N) is 1. The summed E-state index contributed by atoms with van der Waals surface area (Å²) in [5, 5.41) is 11.8. The summed E-state index contributed by atoms with van der Waals surface area (Å²) < 4.78 is 0. The van der Waals surface area contributed by atoms with Gasteiger partial charge in [-0.3, -0.25) is 9.79 Å². The molecular weight excluding hydrogens is 252 g/mol. The van der Waals surface area contributed by atoms with Gasteiger partial charge in [0.25, 0.3) is 5.91 Å². The maximum absolute atomic E-state index is 12.1. The first-order valence-corrected chi connectivity index (χ1v) is 6.37. The normalized spacial score (nSPS) is 17.8. The fourth-order valence-corrected chi connectivity index (χ4v) is 2.40. The molecule has 0 saturated heterocycles. The quantitative estimate of drug-likeness (QED) is 0.637. The molecule has 0 radical (unpaired) electrons. The highest BCUT2D eigenvalue weighted by molar-refractivity contribution is 6.12. The van der Waals surface area contributed by atoms with Crippen LogP contribution in [-0.2, 0) is 11.2 Å². The van der Waals surface area contributed by atoms with Crippen LogP contribution in [0.3, 0.4) is 0 Å². The van der Waals surface area contributed by atoms with E-state index < -0.39 is 0 Å². The van der Waals surface area contributed by atoms with Gasteiger partial charge in [0.2, 0.25) is 0 Å². The largest absolute Gasteiger partial charge is 0.404 e. The van der Waals surface area contributed by atoms with Crippen molar-refractivity contribution >= 4 is 12.1 Å². The van der Waals surface area contributed by atoms with Crippen LogP contribution in [0.15, 0.2) is 35.0 Å². The Kier molecular flexibility index (Phi) is 4.16. The molecule has 5 heteroatoms. The average Bonchev–Trinajstić information content (AvgIpc) is 2.86. The van der Waals surface area contributed by atoms with Gasteiger partial charge in [-0.1, -0.05) is 6.07 Å². The number of hydrogen-bond acceptors (Lipinski definition) is 4. The monoisotopic (exact) mass is 268 g/mol. The molecule has 5 nitrogen and oxygen atoms in total. The van der Waals surface area contributed by atoms with Crippen LogP contribution in [0.5, 0.6) is 0 Å². The van der Waals surface area contributed by atoms with E-state index in [9.17, 15) is 4.79 Å². The van der Waals surface area contributed by atoms with Crippen molar-refractivity contribution in [3.63, 3.8) is 0 Å². The van der Waals surface area contributed by atoms with Crippen molar-refractivity contribution in [1.82, 2.24) is 5.32 Å². The van der Waals surface area contributed by atoms with Crippen LogP contribution in [0.1, 0.15) is 29.2 Å². The number of carbonyl (C=O) groups is 1.